The van der Waals surface area contributed by atoms with Crippen molar-refractivity contribution < 1.29 is 19.1 Å². The molecule has 0 fully saturated rings. The Morgan fingerprint density at radius 3 is 2.47 bits per heavy atom. The first-order chi connectivity index (χ1) is 8.19. The highest BCUT2D eigenvalue weighted by molar-refractivity contribution is 6.33. The lowest BCUT2D eigenvalue weighted by Gasteiger charge is -2.15. The molecule has 0 aliphatic rings. The molecule has 0 heterocycles. The van der Waals surface area contributed by atoms with Crippen LogP contribution in [0.5, 0.6) is 11.5 Å². The van der Waals surface area contributed by atoms with Gasteiger partial charge in [0.1, 0.15) is 0 Å². The van der Waals surface area contributed by atoms with Crippen molar-refractivity contribution in [1.29, 1.82) is 0 Å². The minimum Gasteiger partial charge on any atom is -0.493 e. The topological polar surface area (TPSA) is 70.8 Å². The number of halogens is 1. The average Bonchev–Trinajstić information content (AvgIpc) is 2.35. The molecule has 0 unspecified atom stereocenters. The van der Waals surface area contributed by atoms with Gasteiger partial charge in [0.05, 0.1) is 31.4 Å². The zero-order valence-electron chi connectivity index (χ0n) is 9.66. The molecule has 6 heteroatoms. The van der Waals surface area contributed by atoms with Crippen LogP contribution in [-0.2, 0) is 11.3 Å². The van der Waals surface area contributed by atoms with Crippen molar-refractivity contribution in [3.63, 3.8) is 0 Å². The third-order valence-electron chi connectivity index (χ3n) is 2.32. The molecule has 0 bridgehead atoms. The normalized spacial score (nSPS) is 10.1. The molecule has 1 aromatic rings. The Bertz CT molecular complexity index is 409. The molecule has 0 saturated carbocycles. The van der Waals surface area contributed by atoms with Crippen molar-refractivity contribution in [2.75, 3.05) is 20.8 Å². The molecule has 0 amide bonds. The van der Waals surface area contributed by atoms with Crippen molar-refractivity contribution in [1.82, 2.24) is 0 Å². The quantitative estimate of drug-likeness (QED) is 0.621. The minimum absolute atomic E-state index is 0.267. The maximum Gasteiger partial charge on any atom is 0.173 e. The number of ether oxygens (including phenoxy) is 2. The minimum atomic E-state index is 0.267. The molecule has 5 nitrogen and oxygen atoms in total. The van der Waals surface area contributed by atoms with Crippen LogP contribution in [0.25, 0.3) is 0 Å². The number of aldehydes is 1. The van der Waals surface area contributed by atoms with E-state index in [0.717, 1.165) is 5.56 Å². The Hall–Kier alpha value is -1.30. The summed E-state index contributed by atoms with van der Waals surface area (Å²) in [5, 5.41) is 0.310. The highest BCUT2D eigenvalue weighted by Crippen LogP contribution is 2.38. The highest BCUT2D eigenvalue weighted by Gasteiger charge is 2.18. The summed E-state index contributed by atoms with van der Waals surface area (Å²) in [4.78, 5) is 15.4. The van der Waals surface area contributed by atoms with Crippen LogP contribution in [0.2, 0.25) is 5.02 Å². The van der Waals surface area contributed by atoms with Crippen LogP contribution in [0.4, 0.5) is 0 Å². The van der Waals surface area contributed by atoms with E-state index in [1.54, 1.807) is 6.07 Å². The van der Waals surface area contributed by atoms with Gasteiger partial charge in [-0.3, -0.25) is 4.79 Å². The largest absolute Gasteiger partial charge is 0.493 e. The molecule has 1 rings (SSSR count). The smallest absolute Gasteiger partial charge is 0.173 e. The van der Waals surface area contributed by atoms with Gasteiger partial charge < -0.3 is 14.3 Å². The van der Waals surface area contributed by atoms with E-state index in [1.807, 2.05) is 0 Å². The SMILES string of the molecule is COc1c(CCON)cc(Cl)c(C=O)c1OC. The van der Waals surface area contributed by atoms with Crippen LogP contribution in [-0.4, -0.2) is 27.1 Å². The Balaban J connectivity index is 3.31. The Labute approximate surface area is 104 Å². The van der Waals surface area contributed by atoms with Crippen LogP contribution in [0.1, 0.15) is 15.9 Å². The van der Waals surface area contributed by atoms with Crippen LogP contribution in [0, 0.1) is 0 Å². The van der Waals surface area contributed by atoms with Gasteiger partial charge in [0.25, 0.3) is 0 Å². The highest BCUT2D eigenvalue weighted by atomic mass is 35.5. The predicted octanol–water partition coefficient (Wildman–Crippen LogP) is 1.60. The molecule has 94 valence electrons. The van der Waals surface area contributed by atoms with Crippen LogP contribution in [0.15, 0.2) is 6.07 Å². The molecule has 0 aliphatic heterocycles. The number of carbonyl (C=O) groups excluding carboxylic acids is 1. The number of hydrogen-bond donors (Lipinski definition) is 1. The fourth-order valence-corrected chi connectivity index (χ4v) is 1.83. The Kier molecular flexibility index (Phi) is 5.21. The Morgan fingerprint density at radius 2 is 2.00 bits per heavy atom. The van der Waals surface area contributed by atoms with Gasteiger partial charge >= 0.3 is 0 Å². The van der Waals surface area contributed by atoms with E-state index in [-0.39, 0.29) is 5.56 Å². The first kappa shape index (κ1) is 13.8. The van der Waals surface area contributed by atoms with Gasteiger partial charge in [-0.25, -0.2) is 5.90 Å². The molecule has 1 aromatic carbocycles. The molecule has 0 aromatic heterocycles. The number of methoxy groups -OCH3 is 2. The first-order valence-corrected chi connectivity index (χ1v) is 5.27. The third-order valence-corrected chi connectivity index (χ3v) is 2.63. The maximum absolute atomic E-state index is 10.9. The van der Waals surface area contributed by atoms with E-state index in [2.05, 4.69) is 4.84 Å². The molecule has 0 atom stereocenters. The van der Waals surface area contributed by atoms with Crippen molar-refractivity contribution >= 4 is 17.9 Å². The summed E-state index contributed by atoms with van der Waals surface area (Å²) in [6.07, 6.45) is 1.14. The summed E-state index contributed by atoms with van der Waals surface area (Å²) in [7, 11) is 2.94. The van der Waals surface area contributed by atoms with E-state index in [9.17, 15) is 4.79 Å². The van der Waals surface area contributed by atoms with Gasteiger partial charge in [0.2, 0.25) is 0 Å². The van der Waals surface area contributed by atoms with Crippen molar-refractivity contribution in [2.24, 2.45) is 5.90 Å². The van der Waals surface area contributed by atoms with E-state index in [0.29, 0.717) is 35.8 Å². The second-order valence-electron chi connectivity index (χ2n) is 3.24. The maximum atomic E-state index is 10.9. The zero-order valence-corrected chi connectivity index (χ0v) is 10.4. The number of hydrogen-bond acceptors (Lipinski definition) is 5. The number of benzene rings is 1. The van der Waals surface area contributed by atoms with Gasteiger partial charge in [0, 0.05) is 12.0 Å². The van der Waals surface area contributed by atoms with Crippen LogP contribution in [0.3, 0.4) is 0 Å². The molecule has 0 aliphatic carbocycles. The summed E-state index contributed by atoms with van der Waals surface area (Å²) < 4.78 is 10.4. The number of rotatable bonds is 6. The third kappa shape index (κ3) is 2.88. The number of nitrogens with two attached hydrogens (primary N) is 1. The molecule has 0 radical (unpaired) electrons. The van der Waals surface area contributed by atoms with Gasteiger partial charge in [-0.2, -0.15) is 0 Å². The molecular formula is C11H14ClNO4. The Morgan fingerprint density at radius 1 is 1.35 bits per heavy atom. The fraction of sp³-hybridized carbons (Fsp3) is 0.364. The molecule has 17 heavy (non-hydrogen) atoms. The van der Waals surface area contributed by atoms with Gasteiger partial charge in [-0.1, -0.05) is 11.6 Å². The van der Waals surface area contributed by atoms with E-state index < -0.39 is 0 Å². The summed E-state index contributed by atoms with van der Waals surface area (Å²) in [5.74, 6) is 5.76. The standard InChI is InChI=1S/C11H14ClNO4/c1-15-10-7(3-4-17-13)5-9(12)8(6-14)11(10)16-2/h5-6H,3-4,13H2,1-2H3. The van der Waals surface area contributed by atoms with Gasteiger partial charge in [-0.05, 0) is 6.07 Å². The average molecular weight is 260 g/mol. The summed E-state index contributed by atoms with van der Waals surface area (Å²) in [6.45, 7) is 0.316. The van der Waals surface area contributed by atoms with E-state index in [1.165, 1.54) is 14.2 Å². The number of carbonyl (C=O) groups is 1. The lowest BCUT2D eigenvalue weighted by molar-refractivity contribution is 0.112. The van der Waals surface area contributed by atoms with Crippen molar-refractivity contribution in [3.8, 4) is 11.5 Å². The van der Waals surface area contributed by atoms with Gasteiger partial charge in [-0.15, -0.1) is 0 Å². The summed E-state index contributed by atoms with van der Waals surface area (Å²) >= 11 is 5.98. The van der Waals surface area contributed by atoms with Crippen molar-refractivity contribution in [3.05, 3.63) is 22.2 Å². The summed E-state index contributed by atoms with van der Waals surface area (Å²) in [6, 6.07) is 1.64. The monoisotopic (exact) mass is 259 g/mol. The molecule has 0 saturated heterocycles. The second-order valence-corrected chi connectivity index (χ2v) is 3.64. The fourth-order valence-electron chi connectivity index (χ4n) is 1.56. The van der Waals surface area contributed by atoms with Crippen LogP contribution >= 0.6 is 11.6 Å². The summed E-state index contributed by atoms with van der Waals surface area (Å²) in [5.41, 5.74) is 1.04. The lowest BCUT2D eigenvalue weighted by Crippen LogP contribution is -2.06. The first-order valence-electron chi connectivity index (χ1n) is 4.89. The zero-order chi connectivity index (χ0) is 12.8. The molecule has 2 N–H and O–H groups in total. The molecular weight excluding hydrogens is 246 g/mol. The lowest BCUT2D eigenvalue weighted by atomic mass is 10.1. The van der Waals surface area contributed by atoms with Crippen LogP contribution < -0.4 is 15.4 Å². The van der Waals surface area contributed by atoms with Gasteiger partial charge in [0.15, 0.2) is 17.8 Å². The van der Waals surface area contributed by atoms with E-state index >= 15 is 0 Å². The molecule has 0 spiro atoms. The predicted molar refractivity (Wildman–Crippen MR) is 63.8 cm³/mol. The van der Waals surface area contributed by atoms with Crippen molar-refractivity contribution in [2.45, 2.75) is 6.42 Å². The van der Waals surface area contributed by atoms with E-state index in [4.69, 9.17) is 27.0 Å². The second kappa shape index (κ2) is 6.44.